The maximum atomic E-state index is 13.0. The summed E-state index contributed by atoms with van der Waals surface area (Å²) in [6, 6.07) is 24.0. The smallest absolute Gasteiger partial charge is 0.257 e. The molecule has 1 aliphatic carbocycles. The van der Waals surface area contributed by atoms with Gasteiger partial charge in [-0.15, -0.1) is 12.4 Å². The molecule has 2 aromatic heterocycles. The lowest BCUT2D eigenvalue weighted by Crippen LogP contribution is -2.40. The van der Waals surface area contributed by atoms with E-state index in [-0.39, 0.29) is 24.4 Å². The molecule has 1 amide bonds. The number of nitrogens with one attached hydrogen (secondary N) is 2. The van der Waals surface area contributed by atoms with E-state index in [1.807, 2.05) is 55.5 Å². The van der Waals surface area contributed by atoms with Gasteiger partial charge in [0.25, 0.3) is 5.91 Å². The molecular formula is C28H29ClN4O2. The highest BCUT2D eigenvalue weighted by Crippen LogP contribution is 2.26. The first kappa shape index (κ1) is 24.5. The highest BCUT2D eigenvalue weighted by Gasteiger charge is 2.24. The molecule has 0 radical (unpaired) electrons. The zero-order valence-electron chi connectivity index (χ0n) is 19.6. The molecule has 0 atom stereocenters. The standard InChI is InChI=1S/C28H28N4O2.ClH/c1-19-6-4-8-23(18-19)34-28-24(9-5-17-29-28)27(33)31-22-14-12-21(13-15-22)30-26-16-11-20-7-2-3-10-25(20)32-26;/h2-11,16-18,21-22H,12-15H2,1H3,(H,30,32)(H,31,33);1H. The van der Waals surface area contributed by atoms with E-state index in [4.69, 9.17) is 9.72 Å². The average molecular weight is 489 g/mol. The Labute approximate surface area is 211 Å². The molecule has 2 aromatic carbocycles. The molecule has 0 bridgehead atoms. The third kappa shape index (κ3) is 6.08. The van der Waals surface area contributed by atoms with E-state index in [0.717, 1.165) is 48.0 Å². The van der Waals surface area contributed by atoms with Gasteiger partial charge in [-0.3, -0.25) is 4.79 Å². The minimum atomic E-state index is -0.150. The van der Waals surface area contributed by atoms with E-state index in [0.29, 0.717) is 23.2 Å². The number of nitrogens with zero attached hydrogens (tertiary/aromatic N) is 2. The molecule has 35 heavy (non-hydrogen) atoms. The van der Waals surface area contributed by atoms with Crippen molar-refractivity contribution in [2.45, 2.75) is 44.7 Å². The number of anilines is 1. The second-order valence-electron chi connectivity index (χ2n) is 8.83. The normalized spacial score (nSPS) is 17.3. The Hall–Kier alpha value is -3.64. The zero-order chi connectivity index (χ0) is 23.3. The summed E-state index contributed by atoms with van der Waals surface area (Å²) >= 11 is 0. The van der Waals surface area contributed by atoms with Crippen LogP contribution in [0.3, 0.4) is 0 Å². The molecule has 1 saturated carbocycles. The van der Waals surface area contributed by atoms with Crippen molar-refractivity contribution in [2.24, 2.45) is 0 Å². The zero-order valence-corrected chi connectivity index (χ0v) is 20.4. The number of hydrogen-bond acceptors (Lipinski definition) is 5. The summed E-state index contributed by atoms with van der Waals surface area (Å²) in [5.74, 6) is 1.74. The van der Waals surface area contributed by atoms with Gasteiger partial charge >= 0.3 is 0 Å². The number of carbonyl (C=O) groups excluding carboxylic acids is 1. The van der Waals surface area contributed by atoms with Crippen molar-refractivity contribution in [3.63, 3.8) is 0 Å². The number of benzene rings is 2. The van der Waals surface area contributed by atoms with Crippen LogP contribution in [-0.2, 0) is 0 Å². The van der Waals surface area contributed by atoms with Gasteiger partial charge in [-0.05, 0) is 80.6 Å². The SMILES string of the molecule is Cc1cccc(Oc2ncccc2C(=O)NC2CCC(Nc3ccc4ccccc4n3)CC2)c1.Cl. The number of para-hydroxylation sites is 1. The van der Waals surface area contributed by atoms with Gasteiger partial charge in [0.1, 0.15) is 17.1 Å². The molecule has 5 rings (SSSR count). The number of aryl methyl sites for hydroxylation is 1. The molecular weight excluding hydrogens is 460 g/mol. The van der Waals surface area contributed by atoms with Crippen LogP contribution in [0.1, 0.15) is 41.6 Å². The Morgan fingerprint density at radius 1 is 0.914 bits per heavy atom. The largest absolute Gasteiger partial charge is 0.438 e. The quantitative estimate of drug-likeness (QED) is 0.333. The fourth-order valence-electron chi connectivity index (χ4n) is 4.44. The van der Waals surface area contributed by atoms with Gasteiger partial charge < -0.3 is 15.4 Å². The number of amides is 1. The van der Waals surface area contributed by atoms with Crippen LogP contribution in [0.4, 0.5) is 5.82 Å². The Kier molecular flexibility index (Phi) is 7.83. The Morgan fingerprint density at radius 2 is 1.71 bits per heavy atom. The van der Waals surface area contributed by atoms with Crippen molar-refractivity contribution in [3.8, 4) is 11.6 Å². The van der Waals surface area contributed by atoms with Gasteiger partial charge in [0, 0.05) is 23.7 Å². The summed E-state index contributed by atoms with van der Waals surface area (Å²) in [7, 11) is 0. The summed E-state index contributed by atoms with van der Waals surface area (Å²) in [6.07, 6.45) is 5.40. The first-order valence-electron chi connectivity index (χ1n) is 11.8. The van der Waals surface area contributed by atoms with E-state index in [9.17, 15) is 4.79 Å². The van der Waals surface area contributed by atoms with Crippen molar-refractivity contribution >= 4 is 35.0 Å². The third-order valence-corrected chi connectivity index (χ3v) is 6.23. The van der Waals surface area contributed by atoms with Crippen molar-refractivity contribution in [1.82, 2.24) is 15.3 Å². The average Bonchev–Trinajstić information content (AvgIpc) is 2.85. The molecule has 4 aromatic rings. The van der Waals surface area contributed by atoms with Gasteiger partial charge in [-0.25, -0.2) is 9.97 Å². The number of hydrogen-bond donors (Lipinski definition) is 2. The fourth-order valence-corrected chi connectivity index (χ4v) is 4.44. The van der Waals surface area contributed by atoms with Crippen LogP contribution in [0.2, 0.25) is 0 Å². The van der Waals surface area contributed by atoms with E-state index < -0.39 is 0 Å². The molecule has 0 unspecified atom stereocenters. The van der Waals surface area contributed by atoms with Crippen LogP contribution in [0.5, 0.6) is 11.6 Å². The summed E-state index contributed by atoms with van der Waals surface area (Å²) in [5, 5.41) is 7.88. The maximum absolute atomic E-state index is 13.0. The van der Waals surface area contributed by atoms with Gasteiger partial charge in [0.2, 0.25) is 5.88 Å². The van der Waals surface area contributed by atoms with Crippen LogP contribution in [-0.4, -0.2) is 28.0 Å². The fraction of sp³-hybridized carbons (Fsp3) is 0.250. The molecule has 7 heteroatoms. The van der Waals surface area contributed by atoms with Gasteiger partial charge in [0.05, 0.1) is 5.52 Å². The van der Waals surface area contributed by atoms with Crippen molar-refractivity contribution in [1.29, 1.82) is 0 Å². The lowest BCUT2D eigenvalue weighted by Gasteiger charge is -2.30. The number of rotatable bonds is 6. The summed E-state index contributed by atoms with van der Waals surface area (Å²) < 4.78 is 5.93. The monoisotopic (exact) mass is 488 g/mol. The van der Waals surface area contributed by atoms with Crippen molar-refractivity contribution in [3.05, 3.63) is 90.1 Å². The van der Waals surface area contributed by atoms with Gasteiger partial charge in [0.15, 0.2) is 0 Å². The molecule has 1 fully saturated rings. The Morgan fingerprint density at radius 3 is 2.54 bits per heavy atom. The first-order chi connectivity index (χ1) is 16.6. The number of halogens is 1. The predicted octanol–water partition coefficient (Wildman–Crippen LogP) is 6.31. The number of fused-ring (bicyclic) bond motifs is 1. The highest BCUT2D eigenvalue weighted by molar-refractivity contribution is 5.96. The summed E-state index contributed by atoms with van der Waals surface area (Å²) in [4.78, 5) is 22.1. The number of carbonyl (C=O) groups is 1. The molecule has 1 aliphatic rings. The molecule has 2 heterocycles. The van der Waals surface area contributed by atoms with E-state index in [1.54, 1.807) is 18.3 Å². The van der Waals surface area contributed by atoms with Gasteiger partial charge in [-0.1, -0.05) is 30.3 Å². The Balaban J connectivity index is 0.00000289. The molecule has 0 saturated heterocycles. The van der Waals surface area contributed by atoms with E-state index in [1.165, 1.54) is 0 Å². The number of aromatic nitrogens is 2. The minimum absolute atomic E-state index is 0. The van der Waals surface area contributed by atoms with Crippen LogP contribution >= 0.6 is 12.4 Å². The third-order valence-electron chi connectivity index (χ3n) is 6.23. The van der Waals surface area contributed by atoms with Crippen LogP contribution in [0.15, 0.2) is 79.0 Å². The van der Waals surface area contributed by atoms with E-state index in [2.05, 4.69) is 27.8 Å². The topological polar surface area (TPSA) is 76.1 Å². The van der Waals surface area contributed by atoms with Crippen LogP contribution in [0.25, 0.3) is 10.9 Å². The lowest BCUT2D eigenvalue weighted by atomic mass is 9.91. The Bertz CT molecular complexity index is 1300. The van der Waals surface area contributed by atoms with Crippen molar-refractivity contribution < 1.29 is 9.53 Å². The predicted molar refractivity (Wildman–Crippen MR) is 142 cm³/mol. The second-order valence-corrected chi connectivity index (χ2v) is 8.83. The molecule has 0 spiro atoms. The van der Waals surface area contributed by atoms with Crippen LogP contribution in [0, 0.1) is 6.92 Å². The van der Waals surface area contributed by atoms with Crippen LogP contribution < -0.4 is 15.4 Å². The molecule has 6 nitrogen and oxygen atoms in total. The second kappa shape index (κ2) is 11.2. The van der Waals surface area contributed by atoms with Gasteiger partial charge in [-0.2, -0.15) is 0 Å². The number of ether oxygens (including phenoxy) is 1. The van der Waals surface area contributed by atoms with E-state index >= 15 is 0 Å². The number of pyridine rings is 2. The molecule has 0 aliphatic heterocycles. The minimum Gasteiger partial charge on any atom is -0.438 e. The summed E-state index contributed by atoms with van der Waals surface area (Å²) in [6.45, 7) is 2.00. The van der Waals surface area contributed by atoms with Crippen molar-refractivity contribution in [2.75, 3.05) is 5.32 Å². The lowest BCUT2D eigenvalue weighted by molar-refractivity contribution is 0.0923. The molecule has 180 valence electrons. The first-order valence-corrected chi connectivity index (χ1v) is 11.8. The highest BCUT2D eigenvalue weighted by atomic mass is 35.5. The molecule has 2 N–H and O–H groups in total. The summed E-state index contributed by atoms with van der Waals surface area (Å²) in [5.41, 5.74) is 2.53. The maximum Gasteiger partial charge on any atom is 0.257 e.